The van der Waals surface area contributed by atoms with Crippen LogP contribution in [0.1, 0.15) is 158 Å². The summed E-state index contributed by atoms with van der Waals surface area (Å²) in [4.78, 5) is 164. The molecule has 4 aliphatic rings. The Morgan fingerprint density at radius 2 is 0.669 bits per heavy atom. The van der Waals surface area contributed by atoms with E-state index in [1.54, 1.807) is 40.5 Å². The summed E-state index contributed by atoms with van der Waals surface area (Å²) in [6.45, 7) is 7.07. The van der Waals surface area contributed by atoms with E-state index in [0.29, 0.717) is 61.6 Å². The number of aryl methyl sites for hydroxylation is 4. The van der Waals surface area contributed by atoms with Crippen LogP contribution in [0.25, 0.3) is 0 Å². The number of carboxylic acids is 4. The highest BCUT2D eigenvalue weighted by Gasteiger charge is 2.64. The van der Waals surface area contributed by atoms with Gasteiger partial charge in [-0.3, -0.25) is 58.0 Å². The summed E-state index contributed by atoms with van der Waals surface area (Å²) < 4.78 is 10.3. The first-order valence-corrected chi connectivity index (χ1v) is 42.4. The average Bonchev–Trinajstić information content (AvgIpc) is 0.982. The average molecular weight is 1720 g/mol. The van der Waals surface area contributed by atoms with Gasteiger partial charge in [0.1, 0.15) is 23.6 Å². The number of amides is 8. The van der Waals surface area contributed by atoms with Crippen molar-refractivity contribution in [1.82, 2.24) is 29.6 Å². The molecule has 26 nitrogen and oxygen atoms in total. The highest BCUT2D eigenvalue weighted by molar-refractivity contribution is 7.15. The van der Waals surface area contributed by atoms with Gasteiger partial charge in [-0.05, 0) is 146 Å². The minimum atomic E-state index is -1.19. The first kappa shape index (κ1) is 91.4. The number of imide groups is 4. The lowest BCUT2D eigenvalue weighted by Crippen LogP contribution is -2.72. The Morgan fingerprint density at radius 1 is 0.395 bits per heavy atom. The van der Waals surface area contributed by atoms with E-state index in [-0.39, 0.29) is 50.8 Å². The Morgan fingerprint density at radius 3 is 0.935 bits per heavy atom. The molecule has 0 spiro atoms. The Hall–Kier alpha value is -13.3. The number of benzene rings is 8. The van der Waals surface area contributed by atoms with E-state index in [0.717, 1.165) is 85.4 Å². The van der Waals surface area contributed by atoms with Gasteiger partial charge in [0, 0.05) is 61.1 Å². The third-order valence-electron chi connectivity index (χ3n) is 23.6. The zero-order valence-corrected chi connectivity index (χ0v) is 71.1. The van der Waals surface area contributed by atoms with Crippen molar-refractivity contribution in [3.63, 3.8) is 0 Å². The molecule has 10 atom stereocenters. The van der Waals surface area contributed by atoms with Crippen molar-refractivity contribution in [2.24, 2.45) is 22.7 Å². The van der Waals surface area contributed by atoms with Gasteiger partial charge < -0.3 is 41.4 Å². The highest BCUT2D eigenvalue weighted by atomic mass is 32.1. The molecule has 0 radical (unpaired) electrons. The van der Waals surface area contributed by atoms with Crippen LogP contribution in [0.2, 0.25) is 0 Å². The van der Waals surface area contributed by atoms with E-state index < -0.39 is 118 Å². The van der Waals surface area contributed by atoms with Crippen molar-refractivity contribution in [3.8, 4) is 11.5 Å². The van der Waals surface area contributed by atoms with Crippen molar-refractivity contribution < 1.29 is 88.9 Å². The fourth-order valence-electron chi connectivity index (χ4n) is 16.5. The second-order valence-corrected chi connectivity index (χ2v) is 34.0. The monoisotopic (exact) mass is 1720 g/mol. The number of carbonyl (C=O) groups is 12. The number of nitrogens with zero attached hydrogens (tertiary/aromatic N) is 6. The summed E-state index contributed by atoms with van der Waals surface area (Å²) in [5, 5.41) is 39.9. The molecule has 8 aromatic carbocycles. The number of anilines is 2. The molecule has 646 valence electrons. The van der Waals surface area contributed by atoms with E-state index in [4.69, 9.17) is 20.9 Å². The van der Waals surface area contributed by atoms with Gasteiger partial charge in [0.25, 0.3) is 0 Å². The molecule has 2 aromatic heterocycles. The Bertz CT molecular complexity index is 5350. The number of nitrogen functional groups attached to an aromatic ring is 2. The molecular weight excluding hydrogens is 1620 g/mol. The number of β-lactam (4-membered cyclic amide) rings is 4. The predicted molar refractivity (Wildman–Crippen MR) is 468 cm³/mol. The predicted octanol–water partition coefficient (Wildman–Crippen LogP) is 14.2. The molecule has 28 heteroatoms. The van der Waals surface area contributed by atoms with Crippen molar-refractivity contribution >= 4 is 104 Å². The molecular formula is C96H102N8O18S2. The van der Waals surface area contributed by atoms with E-state index in [1.807, 2.05) is 244 Å². The number of carboxylic acid groups (broad SMARTS) is 4. The summed E-state index contributed by atoms with van der Waals surface area (Å²) >= 11 is 2.63. The zero-order valence-electron chi connectivity index (χ0n) is 69.5. The lowest BCUT2D eigenvalue weighted by Gasteiger charge is -2.51. The molecule has 0 saturated carbocycles. The maximum absolute atomic E-state index is 13.4. The molecule has 0 bridgehead atoms. The van der Waals surface area contributed by atoms with Crippen LogP contribution in [-0.4, -0.2) is 160 Å². The first-order chi connectivity index (χ1) is 59.5. The number of hydrogen-bond acceptors (Lipinski definition) is 20. The van der Waals surface area contributed by atoms with Crippen LogP contribution in [0.15, 0.2) is 243 Å². The van der Waals surface area contributed by atoms with Gasteiger partial charge in [0.05, 0.1) is 36.9 Å². The van der Waals surface area contributed by atoms with Crippen molar-refractivity contribution in [3.05, 3.63) is 297 Å². The van der Waals surface area contributed by atoms with Crippen molar-refractivity contribution in [1.29, 1.82) is 0 Å². The Balaban J connectivity index is 0.000000174. The van der Waals surface area contributed by atoms with Gasteiger partial charge >= 0.3 is 23.9 Å². The number of hydrogen-bond donors (Lipinski definition) is 6. The lowest BCUT2D eigenvalue weighted by atomic mass is 9.68. The van der Waals surface area contributed by atoms with Crippen molar-refractivity contribution in [2.45, 2.75) is 153 Å². The standard InChI is InChI=1S/C29H29NO5.C24H23N3O4S.C24H27NO5.C19H21N3O4S.H2/c1-29(18-17-20-13-15-23(35-2)16-14-20)26(27(32)33)30(28(29)34)25(31)19-24(21-9-5-3-6-10-21)22-11-7-4-8-12-22;25-24-26-14-17(32-24)11-12-18-21(23(30)31)27(22(18)29)20(28)13-19(15-7-3-1-4-8-15)16-9-5-2-6-10-16;1-16(18-7-5-4-6-8-18)15-20(26)25-21(22(27)28)24(2,23(25)29)14-13-17-9-11-19(30-3)12-10-17;1-11(12-5-3-2-4-6-12)9-15(23)22-16(18(25)26)14(17(22)24)8-7-13-10-21-19(20)27-13;/h3-16,24,26H,17-19H2,1-2H3,(H,32,33);1-10,14,18-19,21H,11-13H2,(H2,25,26)(H,30,31);4-12,16,21H,13-15H2,1-3H3,(H,27,28);2-6,10-11,14,16H,7-9H2,1H3,(H2,20,21)(H,25,26);1H/t26-,29-;18-,21+;16-,21+,24+;11-,14+,16-;/m1100./s1. The van der Waals surface area contributed by atoms with Crippen LogP contribution in [0.5, 0.6) is 11.5 Å². The van der Waals surface area contributed by atoms with Crippen LogP contribution >= 0.6 is 22.7 Å². The largest absolute Gasteiger partial charge is 0.497 e. The number of likely N-dealkylation sites (tertiary alicyclic amines) is 4. The van der Waals surface area contributed by atoms with E-state index in [1.165, 1.54) is 22.7 Å². The zero-order chi connectivity index (χ0) is 89.1. The quantitative estimate of drug-likeness (QED) is 0.0213. The molecule has 4 fully saturated rings. The number of carbonyl (C=O) groups excluding carboxylic acids is 8. The van der Waals surface area contributed by atoms with Gasteiger partial charge in [-0.1, -0.05) is 220 Å². The molecule has 14 rings (SSSR count). The highest BCUT2D eigenvalue weighted by Crippen LogP contribution is 2.47. The van der Waals surface area contributed by atoms with Gasteiger partial charge in [-0.15, -0.1) is 22.7 Å². The SMILES string of the molecule is COc1ccc(CC[C@@]2(C)C(=O)N(C(=O)CC(c3ccccc3)c3ccccc3)[C@@H]2C(=O)O)cc1.COc1ccc(CC[C@@]2(C)C(=O)N(C(=O)C[C@H](C)c3ccccc3)[C@@H]2C(=O)O)cc1.C[C@@H](CC(=O)N1C(=O)[C@H](CCc2cnc(N)s2)[C@H]1C(=O)O)c1ccccc1.Nc1ncc(CC[C@H]2C(=O)N(C(=O)CC(c3ccccc3)c3ccccc3)[C@@H]2C(=O)O)s1.[HH]. The van der Waals surface area contributed by atoms with Crippen LogP contribution < -0.4 is 20.9 Å². The fraction of sp³-hybridized carbons (Fsp3) is 0.312. The summed E-state index contributed by atoms with van der Waals surface area (Å²) in [6, 6.07) is 67.6. The van der Waals surface area contributed by atoms with Crippen LogP contribution in [0.3, 0.4) is 0 Å². The van der Waals surface area contributed by atoms with E-state index >= 15 is 0 Å². The van der Waals surface area contributed by atoms with Crippen LogP contribution in [-0.2, 0) is 83.2 Å². The summed E-state index contributed by atoms with van der Waals surface area (Å²) in [6.07, 6.45) is 6.92. The second kappa shape index (κ2) is 41.5. The minimum Gasteiger partial charge on any atom is -0.497 e. The molecule has 124 heavy (non-hydrogen) atoms. The van der Waals surface area contributed by atoms with Gasteiger partial charge in [0.15, 0.2) is 22.3 Å². The summed E-state index contributed by atoms with van der Waals surface area (Å²) in [7, 11) is 3.18. The van der Waals surface area contributed by atoms with Crippen LogP contribution in [0, 0.1) is 22.7 Å². The number of rotatable bonds is 32. The van der Waals surface area contributed by atoms with Crippen LogP contribution in [0.4, 0.5) is 10.3 Å². The first-order valence-electron chi connectivity index (χ1n) is 40.8. The molecule has 0 aliphatic carbocycles. The fourth-order valence-corrected chi connectivity index (χ4v) is 17.9. The van der Waals surface area contributed by atoms with Gasteiger partial charge in [-0.25, -0.2) is 29.1 Å². The molecule has 8 amide bonds. The Labute approximate surface area is 728 Å². The number of methoxy groups -OCH3 is 2. The maximum Gasteiger partial charge on any atom is 0.328 e. The molecule has 8 N–H and O–H groups in total. The smallest absolute Gasteiger partial charge is 0.328 e. The molecule has 6 heterocycles. The minimum absolute atomic E-state index is 0. The third kappa shape index (κ3) is 21.4. The number of thiazole rings is 2. The Kier molecular flexibility index (Phi) is 30.6. The van der Waals surface area contributed by atoms with E-state index in [2.05, 4.69) is 9.97 Å². The normalized spacial score (nSPS) is 19.7. The van der Waals surface area contributed by atoms with Crippen molar-refractivity contribution in [2.75, 3.05) is 25.7 Å². The maximum atomic E-state index is 13.4. The topological polar surface area (TPSA) is 395 Å². The number of nitrogens with two attached hydrogens (primary N) is 2. The van der Waals surface area contributed by atoms with Gasteiger partial charge in [0.2, 0.25) is 47.3 Å². The third-order valence-corrected chi connectivity index (χ3v) is 25.4. The van der Waals surface area contributed by atoms with Gasteiger partial charge in [-0.2, -0.15) is 0 Å². The second-order valence-electron chi connectivity index (χ2n) is 31.7. The molecule has 4 aliphatic heterocycles. The summed E-state index contributed by atoms with van der Waals surface area (Å²) in [5.41, 5.74) is 16.6. The van der Waals surface area contributed by atoms with E-state index in [9.17, 15) is 78.0 Å². The molecule has 4 saturated heterocycles. The lowest BCUT2D eigenvalue weighted by molar-refractivity contribution is -0.188. The number of aliphatic carboxylic acids is 4. The molecule has 0 unspecified atom stereocenters. The molecule has 10 aromatic rings. The number of aromatic nitrogens is 2. The summed E-state index contributed by atoms with van der Waals surface area (Å²) in [5.74, 6) is -8.84. The number of ether oxygens (including phenoxy) is 2.